The Morgan fingerprint density at radius 3 is 0.972 bits per heavy atom. The van der Waals surface area contributed by atoms with Gasteiger partial charge in [0.05, 0.1) is 38.6 Å². The van der Waals surface area contributed by atoms with E-state index in [1.165, 1.54) is 289 Å². The molecule has 0 radical (unpaired) electrons. The van der Waals surface area contributed by atoms with Gasteiger partial charge >= 0.3 is 0 Å². The van der Waals surface area contributed by atoms with Crippen LogP contribution in [0.2, 0.25) is 0 Å². The van der Waals surface area contributed by atoms with Gasteiger partial charge in [-0.25, -0.2) is 0 Å². The topological polar surface area (TPSA) is 307 Å². The third-order valence-corrected chi connectivity index (χ3v) is 22.3. The zero-order chi connectivity index (χ0) is 78.8. The Morgan fingerprint density at radius 2 is 0.615 bits per heavy atom. The molecule has 12 N–H and O–H groups in total. The number of rotatable bonds is 73. The molecule has 0 aromatic heterocycles. The van der Waals surface area contributed by atoms with Gasteiger partial charge in [-0.3, -0.25) is 4.79 Å². The first-order chi connectivity index (χ1) is 53.3. The van der Waals surface area contributed by atoms with E-state index in [2.05, 4.69) is 67.8 Å². The SMILES string of the molecule is CCCCCCC/C=C\C/C=C\CCCCCCCCCCCCCCCCCCCCCCCC(=O)NC(COC1OC(CO)C(OC2OC(CO)C(OC3OC(CO)C(O)C(O)C3O)C(O)C2O)C(O)C1O)C(O)/C=C/CC/C=C/CC/C=C/CCCCCCCCCCCCCCCCCCCCCCC. The Hall–Kier alpha value is -2.51. The third kappa shape index (κ3) is 48.6. The van der Waals surface area contributed by atoms with E-state index < -0.39 is 124 Å². The molecule has 109 heavy (non-hydrogen) atoms. The van der Waals surface area contributed by atoms with E-state index in [1.807, 2.05) is 6.08 Å². The molecule has 3 heterocycles. The van der Waals surface area contributed by atoms with Crippen molar-refractivity contribution in [1.29, 1.82) is 0 Å². The molecule has 3 rings (SSSR count). The van der Waals surface area contributed by atoms with Gasteiger partial charge in [0.2, 0.25) is 5.91 Å². The molecular formula is C90H165NO18. The van der Waals surface area contributed by atoms with Crippen LogP contribution in [0.5, 0.6) is 0 Å². The molecule has 0 aromatic rings. The number of amides is 1. The number of allylic oxidation sites excluding steroid dienone is 9. The predicted octanol–water partition coefficient (Wildman–Crippen LogP) is 17.0. The smallest absolute Gasteiger partial charge is 0.220 e. The van der Waals surface area contributed by atoms with E-state index in [4.69, 9.17) is 28.4 Å². The van der Waals surface area contributed by atoms with Crippen molar-refractivity contribution in [1.82, 2.24) is 5.32 Å². The van der Waals surface area contributed by atoms with Gasteiger partial charge in [-0.1, -0.05) is 351 Å². The van der Waals surface area contributed by atoms with Crippen LogP contribution in [-0.4, -0.2) is 193 Å². The van der Waals surface area contributed by atoms with E-state index in [0.717, 1.165) is 51.4 Å². The van der Waals surface area contributed by atoms with Crippen LogP contribution in [0, 0.1) is 0 Å². The molecular weight excluding hydrogens is 1380 g/mol. The first-order valence-electron chi connectivity index (χ1n) is 45.0. The predicted molar refractivity (Wildman–Crippen MR) is 439 cm³/mol. The lowest BCUT2D eigenvalue weighted by Crippen LogP contribution is -2.66. The average Bonchev–Trinajstić information content (AvgIpc) is 0.782. The Labute approximate surface area is 662 Å². The molecule has 0 saturated carbocycles. The van der Waals surface area contributed by atoms with Crippen molar-refractivity contribution < 1.29 is 89.4 Å². The summed E-state index contributed by atoms with van der Waals surface area (Å²) in [7, 11) is 0. The number of aliphatic hydroxyl groups excluding tert-OH is 11. The van der Waals surface area contributed by atoms with Crippen molar-refractivity contribution in [3.05, 3.63) is 60.8 Å². The fourth-order valence-corrected chi connectivity index (χ4v) is 15.1. The lowest BCUT2D eigenvalue weighted by atomic mass is 9.96. The average molecular weight is 1550 g/mol. The lowest BCUT2D eigenvalue weighted by molar-refractivity contribution is -0.379. The van der Waals surface area contributed by atoms with Crippen LogP contribution in [-0.2, 0) is 33.2 Å². The van der Waals surface area contributed by atoms with Gasteiger partial charge in [0.15, 0.2) is 18.9 Å². The second kappa shape index (κ2) is 69.8. The lowest BCUT2D eigenvalue weighted by Gasteiger charge is -2.48. The molecule has 0 aromatic carbocycles. The minimum absolute atomic E-state index is 0.234. The van der Waals surface area contributed by atoms with Gasteiger partial charge in [0.1, 0.15) is 73.2 Å². The highest BCUT2D eigenvalue weighted by Gasteiger charge is 2.54. The Balaban J connectivity index is 1.35. The number of ether oxygens (including phenoxy) is 6. The highest BCUT2D eigenvalue weighted by Crippen LogP contribution is 2.34. The quantitative estimate of drug-likeness (QED) is 0.0199. The van der Waals surface area contributed by atoms with Crippen LogP contribution in [0.3, 0.4) is 0 Å². The number of aliphatic hydroxyl groups is 11. The van der Waals surface area contributed by atoms with Crippen LogP contribution in [0.1, 0.15) is 373 Å². The molecule has 19 nitrogen and oxygen atoms in total. The summed E-state index contributed by atoms with van der Waals surface area (Å²) in [4.78, 5) is 13.5. The first kappa shape index (κ1) is 101. The normalized spacial score (nSPS) is 25.5. The zero-order valence-corrected chi connectivity index (χ0v) is 68.8. The van der Waals surface area contributed by atoms with E-state index in [-0.39, 0.29) is 18.9 Å². The summed E-state index contributed by atoms with van der Waals surface area (Å²) in [6.45, 7) is 1.76. The van der Waals surface area contributed by atoms with Gasteiger partial charge in [0, 0.05) is 6.42 Å². The minimum Gasteiger partial charge on any atom is -0.394 e. The van der Waals surface area contributed by atoms with Crippen LogP contribution < -0.4 is 5.32 Å². The maximum atomic E-state index is 13.5. The highest BCUT2D eigenvalue weighted by molar-refractivity contribution is 5.76. The summed E-state index contributed by atoms with van der Waals surface area (Å²) in [5, 5.41) is 121. The van der Waals surface area contributed by atoms with E-state index in [1.54, 1.807) is 6.08 Å². The summed E-state index contributed by atoms with van der Waals surface area (Å²) in [6, 6.07) is -0.999. The van der Waals surface area contributed by atoms with Crippen molar-refractivity contribution in [3.63, 3.8) is 0 Å². The maximum Gasteiger partial charge on any atom is 0.220 e. The van der Waals surface area contributed by atoms with Crippen LogP contribution in [0.25, 0.3) is 0 Å². The molecule has 17 atom stereocenters. The Morgan fingerprint density at radius 1 is 0.330 bits per heavy atom. The van der Waals surface area contributed by atoms with Gasteiger partial charge in [-0.15, -0.1) is 0 Å². The summed E-state index contributed by atoms with van der Waals surface area (Å²) in [5.41, 5.74) is 0. The number of unbranched alkanes of at least 4 members (excludes halogenated alkanes) is 49. The molecule has 19 heteroatoms. The first-order valence-corrected chi connectivity index (χ1v) is 45.0. The Kier molecular flexibility index (Phi) is 64.4. The highest BCUT2D eigenvalue weighted by atomic mass is 16.8. The molecule has 1 amide bonds. The molecule has 0 aliphatic carbocycles. The zero-order valence-electron chi connectivity index (χ0n) is 68.8. The number of hydrogen-bond acceptors (Lipinski definition) is 18. The van der Waals surface area contributed by atoms with E-state index >= 15 is 0 Å². The van der Waals surface area contributed by atoms with Crippen molar-refractivity contribution in [2.24, 2.45) is 0 Å². The molecule has 3 fully saturated rings. The second-order valence-corrected chi connectivity index (χ2v) is 32.0. The van der Waals surface area contributed by atoms with Crippen molar-refractivity contribution in [2.45, 2.75) is 478 Å². The summed E-state index contributed by atoms with van der Waals surface area (Å²) in [6.07, 6.45) is 65.2. The molecule has 3 aliphatic rings. The van der Waals surface area contributed by atoms with Gasteiger partial charge in [0.25, 0.3) is 0 Å². The number of carbonyl (C=O) groups is 1. The van der Waals surface area contributed by atoms with E-state index in [9.17, 15) is 61.0 Å². The van der Waals surface area contributed by atoms with Gasteiger partial charge in [-0.2, -0.15) is 0 Å². The van der Waals surface area contributed by atoms with Crippen molar-refractivity contribution in [3.8, 4) is 0 Å². The van der Waals surface area contributed by atoms with Crippen molar-refractivity contribution in [2.75, 3.05) is 26.4 Å². The van der Waals surface area contributed by atoms with Crippen LogP contribution in [0.4, 0.5) is 0 Å². The summed E-state index contributed by atoms with van der Waals surface area (Å²) < 4.78 is 34.5. The third-order valence-electron chi connectivity index (χ3n) is 22.3. The molecule has 638 valence electrons. The van der Waals surface area contributed by atoms with Gasteiger partial charge < -0.3 is 89.9 Å². The largest absolute Gasteiger partial charge is 0.394 e. The standard InChI is InChI=1S/C90H165NO18/c1-3-5-7-9-11-13-15-17-19-21-23-25-27-29-31-33-35-36-38-40-42-44-46-48-50-52-54-56-58-60-62-64-66-68-78(96)91-73(74(95)67-65-63-61-59-57-55-53-51-49-47-45-43-41-39-37-34-32-30-28-26-24-22-20-18-16-14-12-10-8-6-4-2)72-104-88-84(102)81(99)86(76(70-93)106-88)109-90-85(103)82(100)87(77(71-94)107-90)108-89-83(101)80(98)79(97)75(69-92)105-89/h15,17,21,23,49,51,57,59,65,67,73-77,79-90,92-95,97-103H,3-14,16,18-20,22,24-48,50,52-56,58,60-64,66,68-72H2,1-2H3,(H,91,96)/b17-15-,23-21-,51-49+,59-57+,67-65+. The fraction of sp³-hybridized carbons (Fsp3) is 0.878. The fourth-order valence-electron chi connectivity index (χ4n) is 15.1. The van der Waals surface area contributed by atoms with Crippen LogP contribution >= 0.6 is 0 Å². The minimum atomic E-state index is -1.98. The van der Waals surface area contributed by atoms with E-state index in [0.29, 0.717) is 12.8 Å². The molecule has 3 aliphatic heterocycles. The van der Waals surface area contributed by atoms with Crippen molar-refractivity contribution >= 4 is 5.91 Å². The number of nitrogens with one attached hydrogen (secondary N) is 1. The molecule has 17 unspecified atom stereocenters. The number of hydrogen-bond donors (Lipinski definition) is 12. The summed E-state index contributed by atoms with van der Waals surface area (Å²) >= 11 is 0. The molecule has 3 saturated heterocycles. The number of carbonyl (C=O) groups excluding carboxylic acids is 1. The van der Waals surface area contributed by atoms with Gasteiger partial charge in [-0.05, 0) is 77.0 Å². The monoisotopic (exact) mass is 1550 g/mol. The Bertz CT molecular complexity index is 2200. The summed E-state index contributed by atoms with van der Waals surface area (Å²) in [5.74, 6) is -0.284. The van der Waals surface area contributed by atoms with Crippen LogP contribution in [0.15, 0.2) is 60.8 Å². The second-order valence-electron chi connectivity index (χ2n) is 32.0. The maximum absolute atomic E-state index is 13.5. The molecule has 0 spiro atoms. The molecule has 0 bridgehead atoms.